The van der Waals surface area contributed by atoms with E-state index >= 15 is 0 Å². The van der Waals surface area contributed by atoms with E-state index in [-0.39, 0.29) is 18.2 Å². The number of hydrogen-bond donors (Lipinski definition) is 2. The second kappa shape index (κ2) is 9.38. The van der Waals surface area contributed by atoms with Crippen LogP contribution in [0, 0.1) is 0 Å². The monoisotopic (exact) mass is 416 g/mol. The summed E-state index contributed by atoms with van der Waals surface area (Å²) in [4.78, 5) is 24.2. The summed E-state index contributed by atoms with van der Waals surface area (Å²) in [7, 11) is 1.57. The Hall–Kier alpha value is -2.84. The number of rotatable bonds is 6. The maximum Gasteiger partial charge on any atom is 0.240 e. The fraction of sp³-hybridized carbons (Fsp3) is 0.158. The van der Waals surface area contributed by atoms with E-state index in [1.165, 1.54) is 11.8 Å². The lowest BCUT2D eigenvalue weighted by molar-refractivity contribution is -0.122. The van der Waals surface area contributed by atoms with Gasteiger partial charge in [0.25, 0.3) is 0 Å². The van der Waals surface area contributed by atoms with Crippen LogP contribution in [0.5, 0.6) is 5.75 Å². The SMILES string of the molecule is COc1ccccc1/C=N\N=C1/NC(=O)[C@@H](CC(=O)Nc2ccc(Cl)cc2)S1. The maximum absolute atomic E-state index is 12.2. The molecule has 0 saturated carbocycles. The van der Waals surface area contributed by atoms with Crippen molar-refractivity contribution in [2.45, 2.75) is 11.7 Å². The van der Waals surface area contributed by atoms with Crippen molar-refractivity contribution in [2.75, 3.05) is 12.4 Å². The number of amidine groups is 1. The van der Waals surface area contributed by atoms with Crippen LogP contribution in [0.2, 0.25) is 5.02 Å². The Bertz CT molecular complexity index is 931. The van der Waals surface area contributed by atoms with E-state index in [1.54, 1.807) is 37.6 Å². The number of nitrogens with zero attached hydrogens (tertiary/aromatic N) is 2. The lowest BCUT2D eigenvalue weighted by atomic mass is 10.2. The van der Waals surface area contributed by atoms with E-state index in [0.717, 1.165) is 5.56 Å². The van der Waals surface area contributed by atoms with E-state index in [1.807, 2.05) is 24.3 Å². The van der Waals surface area contributed by atoms with Crippen molar-refractivity contribution in [3.05, 3.63) is 59.1 Å². The number of anilines is 1. The molecule has 28 heavy (non-hydrogen) atoms. The molecule has 2 aromatic rings. The first-order valence-electron chi connectivity index (χ1n) is 8.32. The predicted molar refractivity (Wildman–Crippen MR) is 112 cm³/mol. The molecule has 0 bridgehead atoms. The smallest absolute Gasteiger partial charge is 0.240 e. The number of hydrogen-bond acceptors (Lipinski definition) is 6. The third-order valence-electron chi connectivity index (χ3n) is 3.76. The molecule has 1 heterocycles. The number of thioether (sulfide) groups is 1. The Kier molecular flexibility index (Phi) is 6.67. The topological polar surface area (TPSA) is 92.2 Å². The van der Waals surface area contributed by atoms with E-state index < -0.39 is 5.25 Å². The number of methoxy groups -OCH3 is 1. The molecule has 0 unspecified atom stereocenters. The fourth-order valence-electron chi connectivity index (χ4n) is 2.42. The van der Waals surface area contributed by atoms with Crippen molar-refractivity contribution in [3.8, 4) is 5.75 Å². The van der Waals surface area contributed by atoms with Crippen molar-refractivity contribution in [3.63, 3.8) is 0 Å². The summed E-state index contributed by atoms with van der Waals surface area (Å²) in [5.74, 6) is 0.127. The van der Waals surface area contributed by atoms with Gasteiger partial charge in [-0.25, -0.2) is 0 Å². The molecule has 0 spiro atoms. The summed E-state index contributed by atoms with van der Waals surface area (Å²) in [5, 5.41) is 13.7. The number of carbonyl (C=O) groups is 2. The molecule has 2 aromatic carbocycles. The molecule has 7 nitrogen and oxygen atoms in total. The number of para-hydroxylation sites is 1. The first-order chi connectivity index (χ1) is 13.5. The molecule has 0 aromatic heterocycles. The zero-order chi connectivity index (χ0) is 19.9. The summed E-state index contributed by atoms with van der Waals surface area (Å²) < 4.78 is 5.23. The quantitative estimate of drug-likeness (QED) is 0.558. The summed E-state index contributed by atoms with van der Waals surface area (Å²) in [6.07, 6.45) is 1.56. The van der Waals surface area contributed by atoms with Gasteiger partial charge in [0.15, 0.2) is 5.17 Å². The average molecular weight is 417 g/mol. The molecule has 0 aliphatic carbocycles. The third-order valence-corrected chi connectivity index (χ3v) is 5.08. The molecule has 0 radical (unpaired) electrons. The summed E-state index contributed by atoms with van der Waals surface area (Å²) in [6, 6.07) is 14.1. The minimum Gasteiger partial charge on any atom is -0.496 e. The molecular formula is C19H17ClN4O3S. The van der Waals surface area contributed by atoms with E-state index in [9.17, 15) is 9.59 Å². The van der Waals surface area contributed by atoms with Crippen LogP contribution in [0.15, 0.2) is 58.7 Å². The highest BCUT2D eigenvalue weighted by Gasteiger charge is 2.32. The standard InChI is InChI=1S/C19H17ClN4O3S/c1-27-15-5-3-2-4-12(15)11-21-24-19-23-18(26)16(28-19)10-17(25)22-14-8-6-13(20)7-9-14/h2-9,11,16H,10H2,1H3,(H,22,25)(H,23,24,26)/b21-11-/t16-/m1/s1. The van der Waals surface area contributed by atoms with Crippen LogP contribution in [-0.4, -0.2) is 35.6 Å². The van der Waals surface area contributed by atoms with Crippen LogP contribution in [0.4, 0.5) is 5.69 Å². The van der Waals surface area contributed by atoms with Crippen LogP contribution < -0.4 is 15.4 Å². The number of halogens is 1. The molecule has 1 atom stereocenters. The Morgan fingerprint density at radius 1 is 1.29 bits per heavy atom. The Morgan fingerprint density at radius 3 is 2.79 bits per heavy atom. The molecule has 9 heteroatoms. The highest BCUT2D eigenvalue weighted by molar-refractivity contribution is 8.15. The van der Waals surface area contributed by atoms with Crippen molar-refractivity contribution < 1.29 is 14.3 Å². The highest BCUT2D eigenvalue weighted by atomic mass is 35.5. The molecule has 1 saturated heterocycles. The van der Waals surface area contributed by atoms with Crippen molar-refractivity contribution in [1.29, 1.82) is 0 Å². The molecule has 2 N–H and O–H groups in total. The van der Waals surface area contributed by atoms with Gasteiger partial charge >= 0.3 is 0 Å². The van der Waals surface area contributed by atoms with Crippen LogP contribution in [0.3, 0.4) is 0 Å². The Balaban J connectivity index is 1.57. The van der Waals surface area contributed by atoms with E-state index in [0.29, 0.717) is 21.6 Å². The van der Waals surface area contributed by atoms with Crippen molar-refractivity contribution >= 4 is 52.2 Å². The van der Waals surface area contributed by atoms with Crippen molar-refractivity contribution in [1.82, 2.24) is 5.32 Å². The van der Waals surface area contributed by atoms with Gasteiger partial charge in [-0.1, -0.05) is 35.5 Å². The van der Waals surface area contributed by atoms with Crippen LogP contribution >= 0.6 is 23.4 Å². The van der Waals surface area contributed by atoms with Gasteiger partial charge in [-0.15, -0.1) is 5.10 Å². The second-order valence-corrected chi connectivity index (χ2v) is 7.37. The molecule has 1 aliphatic heterocycles. The molecule has 144 valence electrons. The first kappa shape index (κ1) is 19.9. The van der Waals surface area contributed by atoms with Gasteiger partial charge in [0.05, 0.1) is 13.3 Å². The predicted octanol–water partition coefficient (Wildman–Crippen LogP) is 3.30. The minimum absolute atomic E-state index is 0.0222. The fourth-order valence-corrected chi connectivity index (χ4v) is 3.47. The third kappa shape index (κ3) is 5.34. The highest BCUT2D eigenvalue weighted by Crippen LogP contribution is 2.23. The lowest BCUT2D eigenvalue weighted by Gasteiger charge is -2.07. The van der Waals surface area contributed by atoms with Crippen molar-refractivity contribution in [2.24, 2.45) is 10.2 Å². The summed E-state index contributed by atoms with van der Waals surface area (Å²) in [6.45, 7) is 0. The number of ether oxygens (including phenoxy) is 1. The van der Waals surface area contributed by atoms with Crippen LogP contribution in [-0.2, 0) is 9.59 Å². The number of benzene rings is 2. The summed E-state index contributed by atoms with van der Waals surface area (Å²) >= 11 is 6.99. The summed E-state index contributed by atoms with van der Waals surface area (Å²) in [5.41, 5.74) is 1.38. The van der Waals surface area contributed by atoms with Crippen LogP contribution in [0.25, 0.3) is 0 Å². The van der Waals surface area contributed by atoms with Gasteiger partial charge in [-0.05, 0) is 36.4 Å². The average Bonchev–Trinajstić information content (AvgIpc) is 3.03. The van der Waals surface area contributed by atoms with Gasteiger partial charge in [0, 0.05) is 22.7 Å². The Labute approximate surface area is 171 Å². The Morgan fingerprint density at radius 2 is 2.04 bits per heavy atom. The lowest BCUT2D eigenvalue weighted by Crippen LogP contribution is -2.28. The number of carbonyl (C=O) groups excluding carboxylic acids is 2. The zero-order valence-corrected chi connectivity index (χ0v) is 16.5. The number of nitrogens with one attached hydrogen (secondary N) is 2. The first-order valence-corrected chi connectivity index (χ1v) is 9.58. The molecule has 3 rings (SSSR count). The maximum atomic E-state index is 12.2. The molecule has 1 fully saturated rings. The van der Waals surface area contributed by atoms with E-state index in [2.05, 4.69) is 20.8 Å². The second-order valence-electron chi connectivity index (χ2n) is 5.75. The molecular weight excluding hydrogens is 400 g/mol. The minimum atomic E-state index is -0.562. The largest absolute Gasteiger partial charge is 0.496 e. The van der Waals surface area contributed by atoms with Gasteiger partial charge in [-0.3, -0.25) is 9.59 Å². The molecule has 1 aliphatic rings. The normalized spacial score (nSPS) is 17.7. The van der Waals surface area contributed by atoms with Crippen LogP contribution in [0.1, 0.15) is 12.0 Å². The van der Waals surface area contributed by atoms with Gasteiger partial charge in [-0.2, -0.15) is 5.10 Å². The number of amides is 2. The zero-order valence-electron chi connectivity index (χ0n) is 14.9. The van der Waals surface area contributed by atoms with Gasteiger partial charge in [0.2, 0.25) is 11.8 Å². The molecule has 2 amide bonds. The van der Waals surface area contributed by atoms with Gasteiger partial charge < -0.3 is 15.4 Å². The van der Waals surface area contributed by atoms with Gasteiger partial charge in [0.1, 0.15) is 11.0 Å². The van der Waals surface area contributed by atoms with E-state index in [4.69, 9.17) is 16.3 Å².